The van der Waals surface area contributed by atoms with E-state index in [1.54, 1.807) is 18.2 Å². The maximum absolute atomic E-state index is 12.6. The molecule has 0 aliphatic rings. The van der Waals surface area contributed by atoms with Gasteiger partial charge in [0.25, 0.3) is 0 Å². The Morgan fingerprint density at radius 2 is 2.00 bits per heavy atom. The van der Waals surface area contributed by atoms with Gasteiger partial charge in [0.2, 0.25) is 5.88 Å². The lowest BCUT2D eigenvalue weighted by Gasteiger charge is -2.11. The highest BCUT2D eigenvalue weighted by molar-refractivity contribution is 5.62. The SMILES string of the molecule is COc1ccc(N)c(NCc2cccc(C(F)(F)F)c2)n1. The fourth-order valence-electron chi connectivity index (χ4n) is 1.75. The summed E-state index contributed by atoms with van der Waals surface area (Å²) in [6.07, 6.45) is -4.36. The van der Waals surface area contributed by atoms with Gasteiger partial charge in [-0.15, -0.1) is 0 Å². The number of nitrogens with two attached hydrogens (primary N) is 1. The van der Waals surface area contributed by atoms with Crippen LogP contribution in [0.5, 0.6) is 5.88 Å². The number of alkyl halides is 3. The number of halogens is 3. The number of hydrogen-bond acceptors (Lipinski definition) is 4. The molecule has 3 N–H and O–H groups in total. The smallest absolute Gasteiger partial charge is 0.416 e. The van der Waals surface area contributed by atoms with Gasteiger partial charge in [0.1, 0.15) is 0 Å². The molecule has 0 amide bonds. The van der Waals surface area contributed by atoms with Crippen molar-refractivity contribution in [3.8, 4) is 5.88 Å². The van der Waals surface area contributed by atoms with Crippen LogP contribution in [-0.4, -0.2) is 12.1 Å². The Morgan fingerprint density at radius 3 is 2.67 bits per heavy atom. The Kier molecular flexibility index (Phi) is 4.21. The molecule has 1 aromatic heterocycles. The van der Waals surface area contributed by atoms with E-state index in [0.717, 1.165) is 12.1 Å². The minimum atomic E-state index is -4.36. The van der Waals surface area contributed by atoms with E-state index in [1.807, 2.05) is 0 Å². The second-order valence-electron chi connectivity index (χ2n) is 4.34. The topological polar surface area (TPSA) is 60.2 Å². The highest BCUT2D eigenvalue weighted by Gasteiger charge is 2.30. The van der Waals surface area contributed by atoms with Gasteiger partial charge in [-0.3, -0.25) is 0 Å². The molecule has 1 heterocycles. The molecule has 2 rings (SSSR count). The van der Waals surface area contributed by atoms with E-state index in [0.29, 0.717) is 22.9 Å². The van der Waals surface area contributed by atoms with Gasteiger partial charge in [-0.25, -0.2) is 0 Å². The summed E-state index contributed by atoms with van der Waals surface area (Å²) in [5.74, 6) is 0.738. The van der Waals surface area contributed by atoms with Gasteiger partial charge in [-0.1, -0.05) is 12.1 Å². The summed E-state index contributed by atoms with van der Waals surface area (Å²) in [6, 6.07) is 8.29. The summed E-state index contributed by atoms with van der Waals surface area (Å²) < 4.78 is 42.8. The van der Waals surface area contributed by atoms with Crippen LogP contribution in [0.3, 0.4) is 0 Å². The molecule has 2 aromatic rings. The molecule has 0 fully saturated rings. The molecule has 0 unspecified atom stereocenters. The predicted octanol–water partition coefficient (Wildman–Crippen LogP) is 3.30. The standard InChI is InChI=1S/C14H14F3N3O/c1-21-12-6-5-11(18)13(20-12)19-8-9-3-2-4-10(7-9)14(15,16)17/h2-7H,8,18H2,1H3,(H,19,20). The fourth-order valence-corrected chi connectivity index (χ4v) is 1.75. The molecule has 21 heavy (non-hydrogen) atoms. The first-order chi connectivity index (χ1) is 9.90. The number of rotatable bonds is 4. The number of pyridine rings is 1. The van der Waals surface area contributed by atoms with Gasteiger partial charge in [0.15, 0.2) is 5.82 Å². The van der Waals surface area contributed by atoms with Crippen LogP contribution < -0.4 is 15.8 Å². The van der Waals surface area contributed by atoms with Crippen LogP contribution in [0.2, 0.25) is 0 Å². The van der Waals surface area contributed by atoms with Crippen LogP contribution in [0, 0.1) is 0 Å². The van der Waals surface area contributed by atoms with Crippen LogP contribution in [0.1, 0.15) is 11.1 Å². The lowest BCUT2D eigenvalue weighted by molar-refractivity contribution is -0.137. The Hall–Kier alpha value is -2.44. The average Bonchev–Trinajstić information content (AvgIpc) is 2.46. The minimum absolute atomic E-state index is 0.175. The Morgan fingerprint density at radius 1 is 1.24 bits per heavy atom. The van der Waals surface area contributed by atoms with Crippen LogP contribution >= 0.6 is 0 Å². The van der Waals surface area contributed by atoms with Gasteiger partial charge in [0.05, 0.1) is 18.4 Å². The Labute approximate surface area is 119 Å². The quantitative estimate of drug-likeness (QED) is 0.909. The number of anilines is 2. The first kappa shape index (κ1) is 15.0. The summed E-state index contributed by atoms with van der Waals surface area (Å²) in [6.45, 7) is 0.175. The van der Waals surface area contributed by atoms with Crippen LogP contribution in [-0.2, 0) is 12.7 Å². The van der Waals surface area contributed by atoms with E-state index in [2.05, 4.69) is 10.3 Å². The minimum Gasteiger partial charge on any atom is -0.481 e. The number of nitrogens with one attached hydrogen (secondary N) is 1. The molecule has 0 aliphatic carbocycles. The van der Waals surface area contributed by atoms with Crippen molar-refractivity contribution in [1.82, 2.24) is 4.98 Å². The summed E-state index contributed by atoms with van der Waals surface area (Å²) in [5.41, 5.74) is 5.93. The van der Waals surface area contributed by atoms with Gasteiger partial charge in [-0.2, -0.15) is 18.2 Å². The normalized spacial score (nSPS) is 11.2. The molecule has 0 saturated carbocycles. The highest BCUT2D eigenvalue weighted by Crippen LogP contribution is 2.29. The molecule has 0 aliphatic heterocycles. The summed E-state index contributed by atoms with van der Waals surface area (Å²) in [5, 5.41) is 2.90. The second-order valence-corrected chi connectivity index (χ2v) is 4.34. The van der Waals surface area contributed by atoms with Crippen molar-refractivity contribution in [2.75, 3.05) is 18.2 Å². The van der Waals surface area contributed by atoms with E-state index in [-0.39, 0.29) is 6.54 Å². The molecule has 0 spiro atoms. The van der Waals surface area contributed by atoms with E-state index >= 15 is 0 Å². The van der Waals surface area contributed by atoms with E-state index in [1.165, 1.54) is 13.2 Å². The number of nitrogen functional groups attached to an aromatic ring is 1. The van der Waals surface area contributed by atoms with Crippen molar-refractivity contribution in [2.24, 2.45) is 0 Å². The predicted molar refractivity (Wildman–Crippen MR) is 74.0 cm³/mol. The van der Waals surface area contributed by atoms with Crippen LogP contribution in [0.4, 0.5) is 24.7 Å². The molecule has 0 radical (unpaired) electrons. The molecule has 7 heteroatoms. The summed E-state index contributed by atoms with van der Waals surface area (Å²) >= 11 is 0. The molecule has 0 bridgehead atoms. The van der Waals surface area contributed by atoms with E-state index < -0.39 is 11.7 Å². The molecule has 1 aromatic carbocycles. The largest absolute Gasteiger partial charge is 0.481 e. The maximum Gasteiger partial charge on any atom is 0.416 e. The molecular formula is C14H14F3N3O. The van der Waals surface area contributed by atoms with Crippen molar-refractivity contribution >= 4 is 11.5 Å². The number of benzene rings is 1. The molecule has 0 saturated heterocycles. The third kappa shape index (κ3) is 3.77. The summed E-state index contributed by atoms with van der Waals surface area (Å²) in [4.78, 5) is 4.10. The van der Waals surface area contributed by atoms with Crippen LogP contribution in [0.15, 0.2) is 36.4 Å². The lowest BCUT2D eigenvalue weighted by Crippen LogP contribution is -2.08. The van der Waals surface area contributed by atoms with Crippen LogP contribution in [0.25, 0.3) is 0 Å². The van der Waals surface area contributed by atoms with Crippen molar-refractivity contribution in [2.45, 2.75) is 12.7 Å². The molecule has 4 nitrogen and oxygen atoms in total. The van der Waals surface area contributed by atoms with Gasteiger partial charge < -0.3 is 15.8 Å². The molecule has 0 atom stereocenters. The van der Waals surface area contributed by atoms with E-state index in [9.17, 15) is 13.2 Å². The van der Waals surface area contributed by atoms with Crippen molar-refractivity contribution in [1.29, 1.82) is 0 Å². The van der Waals surface area contributed by atoms with Gasteiger partial charge in [0, 0.05) is 12.6 Å². The number of ether oxygens (including phenoxy) is 1. The first-order valence-corrected chi connectivity index (χ1v) is 6.10. The monoisotopic (exact) mass is 297 g/mol. The van der Waals surface area contributed by atoms with Gasteiger partial charge in [-0.05, 0) is 23.8 Å². The summed E-state index contributed by atoms with van der Waals surface area (Å²) in [7, 11) is 1.47. The first-order valence-electron chi connectivity index (χ1n) is 6.10. The number of nitrogens with zero attached hydrogens (tertiary/aromatic N) is 1. The third-order valence-corrected chi connectivity index (χ3v) is 2.82. The molecular weight excluding hydrogens is 283 g/mol. The van der Waals surface area contributed by atoms with E-state index in [4.69, 9.17) is 10.5 Å². The Bertz CT molecular complexity index is 629. The second kappa shape index (κ2) is 5.90. The molecule has 112 valence electrons. The van der Waals surface area contributed by atoms with Crippen molar-refractivity contribution in [3.05, 3.63) is 47.5 Å². The zero-order valence-corrected chi connectivity index (χ0v) is 11.2. The third-order valence-electron chi connectivity index (χ3n) is 2.82. The van der Waals surface area contributed by atoms with Crippen molar-refractivity contribution in [3.63, 3.8) is 0 Å². The average molecular weight is 297 g/mol. The lowest BCUT2D eigenvalue weighted by atomic mass is 10.1. The fraction of sp³-hybridized carbons (Fsp3) is 0.214. The maximum atomic E-state index is 12.6. The Balaban J connectivity index is 2.13. The van der Waals surface area contributed by atoms with Crippen molar-refractivity contribution < 1.29 is 17.9 Å². The number of aromatic nitrogens is 1. The number of methoxy groups -OCH3 is 1. The van der Waals surface area contributed by atoms with Gasteiger partial charge >= 0.3 is 6.18 Å². The zero-order valence-electron chi connectivity index (χ0n) is 11.2. The highest BCUT2D eigenvalue weighted by atomic mass is 19.4. The zero-order chi connectivity index (χ0) is 15.5. The number of hydrogen-bond donors (Lipinski definition) is 2.